The van der Waals surface area contributed by atoms with E-state index in [2.05, 4.69) is 48.3 Å². The van der Waals surface area contributed by atoms with Crippen LogP contribution < -0.4 is 10.1 Å². The highest BCUT2D eigenvalue weighted by molar-refractivity contribution is 5.39. The summed E-state index contributed by atoms with van der Waals surface area (Å²) in [5, 5.41) is 3.45. The summed E-state index contributed by atoms with van der Waals surface area (Å²) in [6, 6.07) is 16.7. The van der Waals surface area contributed by atoms with E-state index in [-0.39, 0.29) is 11.6 Å². The third kappa shape index (κ3) is 4.94. The van der Waals surface area contributed by atoms with Gasteiger partial charge in [0, 0.05) is 44.8 Å². The lowest BCUT2D eigenvalue weighted by atomic mass is 9.85. The van der Waals surface area contributed by atoms with Crippen LogP contribution in [0.5, 0.6) is 5.75 Å². The molecule has 0 bridgehead atoms. The van der Waals surface area contributed by atoms with E-state index < -0.39 is 0 Å². The Hall–Kier alpha value is -2.32. The van der Waals surface area contributed by atoms with Gasteiger partial charge in [-0.1, -0.05) is 36.1 Å². The molecule has 1 atom stereocenters. The monoisotopic (exact) mass is 379 g/mol. The van der Waals surface area contributed by atoms with Gasteiger partial charge in [-0.2, -0.15) is 0 Å². The molecule has 0 aromatic heterocycles. The average Bonchev–Trinajstić information content (AvgIpc) is 2.77. The zero-order valence-electron chi connectivity index (χ0n) is 17.0. The zero-order chi connectivity index (χ0) is 19.8. The maximum atomic E-state index is 5.89. The molecular formula is C24H29NO3. The van der Waals surface area contributed by atoms with Gasteiger partial charge >= 0.3 is 0 Å². The van der Waals surface area contributed by atoms with Gasteiger partial charge < -0.3 is 14.2 Å². The summed E-state index contributed by atoms with van der Waals surface area (Å²) in [6.07, 6.45) is 1.75. The van der Waals surface area contributed by atoms with Gasteiger partial charge in [-0.25, -0.2) is 0 Å². The molecule has 0 radical (unpaired) electrons. The molecule has 3 rings (SSSR count). The van der Waals surface area contributed by atoms with Gasteiger partial charge in [0.1, 0.15) is 5.75 Å². The Morgan fingerprint density at radius 1 is 1.11 bits per heavy atom. The molecule has 1 saturated heterocycles. The number of rotatable bonds is 6. The van der Waals surface area contributed by atoms with Crippen LogP contribution in [-0.4, -0.2) is 34.0 Å². The molecule has 2 aromatic carbocycles. The van der Waals surface area contributed by atoms with E-state index in [1.807, 2.05) is 24.3 Å². The average molecular weight is 380 g/mol. The van der Waals surface area contributed by atoms with Crippen LogP contribution >= 0.6 is 0 Å². The van der Waals surface area contributed by atoms with E-state index in [1.165, 1.54) is 11.1 Å². The molecule has 2 aromatic rings. The van der Waals surface area contributed by atoms with E-state index in [0.717, 1.165) is 37.4 Å². The van der Waals surface area contributed by atoms with Crippen LogP contribution in [0.4, 0.5) is 0 Å². The van der Waals surface area contributed by atoms with E-state index in [4.69, 9.17) is 14.2 Å². The van der Waals surface area contributed by atoms with E-state index in [9.17, 15) is 0 Å². The fourth-order valence-corrected chi connectivity index (χ4v) is 3.57. The fourth-order valence-electron chi connectivity index (χ4n) is 3.57. The molecule has 1 heterocycles. The normalized spacial score (nSPS) is 16.7. The first kappa shape index (κ1) is 20.4. The molecular weight excluding hydrogens is 350 g/mol. The third-order valence-corrected chi connectivity index (χ3v) is 5.40. The second kappa shape index (κ2) is 9.75. The fraction of sp³-hybridized carbons (Fsp3) is 0.417. The Morgan fingerprint density at radius 3 is 2.64 bits per heavy atom. The minimum absolute atomic E-state index is 0.203. The minimum Gasteiger partial charge on any atom is -0.497 e. The van der Waals surface area contributed by atoms with Crippen LogP contribution in [0.15, 0.2) is 48.5 Å². The molecule has 148 valence electrons. The smallest absolute Gasteiger partial charge is 0.119 e. The second-order valence-corrected chi connectivity index (χ2v) is 7.07. The predicted octanol–water partition coefficient (Wildman–Crippen LogP) is 4.05. The SMILES string of the molecule is COc1cccc(C(C)NCC#Cc2cccc(C3(OC)CCOCC3)c2)c1. The van der Waals surface area contributed by atoms with E-state index >= 15 is 0 Å². The summed E-state index contributed by atoms with van der Waals surface area (Å²) in [4.78, 5) is 0. The van der Waals surface area contributed by atoms with Gasteiger partial charge in [0.05, 0.1) is 19.3 Å². The number of hydrogen-bond acceptors (Lipinski definition) is 4. The van der Waals surface area contributed by atoms with Gasteiger partial charge in [-0.3, -0.25) is 5.32 Å². The summed E-state index contributed by atoms with van der Waals surface area (Å²) in [6.45, 7) is 4.21. The van der Waals surface area contributed by atoms with Gasteiger partial charge in [0.15, 0.2) is 0 Å². The highest BCUT2D eigenvalue weighted by Crippen LogP contribution is 2.35. The molecule has 1 aliphatic rings. The van der Waals surface area contributed by atoms with Crippen LogP contribution in [0.25, 0.3) is 0 Å². The number of hydrogen-bond donors (Lipinski definition) is 1. The molecule has 1 unspecified atom stereocenters. The van der Waals surface area contributed by atoms with Crippen molar-refractivity contribution in [2.75, 3.05) is 34.0 Å². The maximum absolute atomic E-state index is 5.89. The molecule has 4 nitrogen and oxygen atoms in total. The van der Waals surface area contributed by atoms with Crippen molar-refractivity contribution < 1.29 is 14.2 Å². The molecule has 28 heavy (non-hydrogen) atoms. The van der Waals surface area contributed by atoms with Crippen molar-refractivity contribution in [2.24, 2.45) is 0 Å². The van der Waals surface area contributed by atoms with Crippen molar-refractivity contribution in [3.63, 3.8) is 0 Å². The van der Waals surface area contributed by atoms with Crippen molar-refractivity contribution in [1.82, 2.24) is 5.32 Å². The Bertz CT molecular complexity index is 831. The van der Waals surface area contributed by atoms with Crippen molar-refractivity contribution >= 4 is 0 Å². The van der Waals surface area contributed by atoms with Crippen LogP contribution in [0.2, 0.25) is 0 Å². The lowest BCUT2D eigenvalue weighted by Crippen LogP contribution is -2.35. The number of nitrogens with one attached hydrogen (secondary N) is 1. The second-order valence-electron chi connectivity index (χ2n) is 7.07. The van der Waals surface area contributed by atoms with Crippen molar-refractivity contribution in [2.45, 2.75) is 31.4 Å². The first-order chi connectivity index (χ1) is 13.7. The lowest BCUT2D eigenvalue weighted by molar-refractivity contribution is -0.0947. The van der Waals surface area contributed by atoms with E-state index in [0.29, 0.717) is 6.54 Å². The molecule has 1 N–H and O–H groups in total. The number of benzene rings is 2. The van der Waals surface area contributed by atoms with Gasteiger partial charge in [0.25, 0.3) is 0 Å². The quantitative estimate of drug-likeness (QED) is 0.769. The number of ether oxygens (including phenoxy) is 3. The molecule has 4 heteroatoms. The van der Waals surface area contributed by atoms with Gasteiger partial charge in [0.2, 0.25) is 0 Å². The first-order valence-electron chi connectivity index (χ1n) is 9.76. The van der Waals surface area contributed by atoms with Crippen molar-refractivity contribution in [1.29, 1.82) is 0 Å². The molecule has 1 aliphatic heterocycles. The minimum atomic E-state index is -0.255. The lowest BCUT2D eigenvalue weighted by Gasteiger charge is -2.36. The summed E-state index contributed by atoms with van der Waals surface area (Å²) in [5.41, 5.74) is 3.12. The summed E-state index contributed by atoms with van der Waals surface area (Å²) >= 11 is 0. The Kier molecular flexibility index (Phi) is 7.11. The third-order valence-electron chi connectivity index (χ3n) is 5.40. The highest BCUT2D eigenvalue weighted by atomic mass is 16.5. The number of methoxy groups -OCH3 is 2. The van der Waals surface area contributed by atoms with Gasteiger partial charge in [-0.05, 0) is 42.3 Å². The van der Waals surface area contributed by atoms with Crippen molar-refractivity contribution in [3.05, 3.63) is 65.2 Å². The van der Waals surface area contributed by atoms with Gasteiger partial charge in [-0.15, -0.1) is 0 Å². The van der Waals surface area contributed by atoms with Crippen LogP contribution in [0.3, 0.4) is 0 Å². The summed E-state index contributed by atoms with van der Waals surface area (Å²) < 4.78 is 16.7. The first-order valence-corrected chi connectivity index (χ1v) is 9.76. The molecule has 0 aliphatic carbocycles. The Labute approximate surface area is 168 Å². The molecule has 1 fully saturated rings. The standard InChI is InChI=1S/C24H29NO3/c1-19(21-9-5-11-23(18-21)26-2)25-14-6-8-20-7-4-10-22(17-20)24(27-3)12-15-28-16-13-24/h4-5,7,9-11,17-19,25H,12-16H2,1-3H3. The topological polar surface area (TPSA) is 39.7 Å². The zero-order valence-corrected chi connectivity index (χ0v) is 17.0. The Balaban J connectivity index is 1.63. The maximum Gasteiger partial charge on any atom is 0.119 e. The van der Waals surface area contributed by atoms with Crippen LogP contribution in [0.1, 0.15) is 42.5 Å². The summed E-state index contributed by atoms with van der Waals surface area (Å²) in [5.74, 6) is 7.37. The van der Waals surface area contributed by atoms with Crippen LogP contribution in [0, 0.1) is 11.8 Å². The molecule has 0 spiro atoms. The van der Waals surface area contributed by atoms with Crippen LogP contribution in [-0.2, 0) is 15.1 Å². The summed E-state index contributed by atoms with van der Waals surface area (Å²) in [7, 11) is 3.47. The van der Waals surface area contributed by atoms with Crippen molar-refractivity contribution in [3.8, 4) is 17.6 Å². The Morgan fingerprint density at radius 2 is 1.89 bits per heavy atom. The highest BCUT2D eigenvalue weighted by Gasteiger charge is 2.34. The largest absolute Gasteiger partial charge is 0.497 e. The predicted molar refractivity (Wildman–Crippen MR) is 111 cm³/mol. The molecule has 0 amide bonds. The van der Waals surface area contributed by atoms with E-state index in [1.54, 1.807) is 14.2 Å². The molecule has 0 saturated carbocycles.